The molecule has 0 saturated carbocycles. The highest BCUT2D eigenvalue weighted by molar-refractivity contribution is 5.88. The lowest BCUT2D eigenvalue weighted by Crippen LogP contribution is -2.44. The van der Waals surface area contributed by atoms with Crippen LogP contribution in [0.3, 0.4) is 0 Å². The third-order valence-electron chi connectivity index (χ3n) is 1.70. The third-order valence-corrected chi connectivity index (χ3v) is 1.70. The van der Waals surface area contributed by atoms with Crippen LogP contribution in [0.15, 0.2) is 6.20 Å². The second kappa shape index (κ2) is 3.80. The first kappa shape index (κ1) is 12.5. The van der Waals surface area contributed by atoms with E-state index in [2.05, 4.69) is 10.3 Å². The number of nitrogens with zero attached hydrogens (tertiary/aromatic N) is 3. The summed E-state index contributed by atoms with van der Waals surface area (Å²) in [6.07, 6.45) is -5.91. The van der Waals surface area contributed by atoms with Crippen LogP contribution in [-0.2, 0) is 18.3 Å². The van der Waals surface area contributed by atoms with E-state index in [9.17, 15) is 26.7 Å². The Morgan fingerprint density at radius 2 is 1.94 bits per heavy atom. The zero-order valence-electron chi connectivity index (χ0n) is 7.92. The Morgan fingerprint density at radius 1 is 1.38 bits per heavy atom. The molecule has 0 aliphatic heterocycles. The fourth-order valence-electron chi connectivity index (χ4n) is 0.910. The largest absolute Gasteiger partial charge is 0.461 e. The summed E-state index contributed by atoms with van der Waals surface area (Å²) in [6, 6.07) is 0. The van der Waals surface area contributed by atoms with Crippen molar-refractivity contribution in [3.05, 3.63) is 11.9 Å². The molecule has 0 aliphatic rings. The zero-order chi connectivity index (χ0) is 12.6. The van der Waals surface area contributed by atoms with E-state index in [-0.39, 0.29) is 5.69 Å². The highest BCUT2D eigenvalue weighted by atomic mass is 19.4. The first-order valence-corrected chi connectivity index (χ1v) is 3.97. The van der Waals surface area contributed by atoms with E-state index in [1.54, 1.807) is 0 Å². The van der Waals surface area contributed by atoms with Crippen molar-refractivity contribution in [1.82, 2.24) is 15.0 Å². The molecule has 0 N–H and O–H groups in total. The topological polar surface area (TPSA) is 47.8 Å². The number of carbonyl (C=O) groups excluding carboxylic acids is 1. The Morgan fingerprint density at radius 3 is 2.31 bits per heavy atom. The number of halogens is 5. The highest BCUT2D eigenvalue weighted by Gasteiger charge is 2.62. The van der Waals surface area contributed by atoms with Crippen LogP contribution in [-0.4, -0.2) is 32.9 Å². The maximum absolute atomic E-state index is 12.5. The molecule has 0 amide bonds. The molecule has 90 valence electrons. The Bertz CT molecular complexity index is 397. The summed E-state index contributed by atoms with van der Waals surface area (Å²) in [5, 5.41) is 6.54. The minimum absolute atomic E-state index is 0.239. The lowest BCUT2D eigenvalue weighted by Gasteiger charge is -2.17. The van der Waals surface area contributed by atoms with Gasteiger partial charge in [0.2, 0.25) is 5.78 Å². The first-order valence-electron chi connectivity index (χ1n) is 3.97. The van der Waals surface area contributed by atoms with Gasteiger partial charge in [-0.2, -0.15) is 22.0 Å². The quantitative estimate of drug-likeness (QED) is 0.747. The lowest BCUT2D eigenvalue weighted by molar-refractivity contribution is -0.268. The van der Waals surface area contributed by atoms with Gasteiger partial charge in [0.1, 0.15) is 0 Å². The number of rotatable bonds is 3. The molecule has 4 nitrogen and oxygen atoms in total. The second-order valence-electron chi connectivity index (χ2n) is 3.06. The van der Waals surface area contributed by atoms with E-state index in [0.29, 0.717) is 0 Å². The van der Waals surface area contributed by atoms with Crippen LogP contribution in [0.1, 0.15) is 5.69 Å². The Hall–Kier alpha value is -1.54. The number of aromatic nitrogens is 3. The summed E-state index contributed by atoms with van der Waals surface area (Å²) in [5.41, 5.74) is -0.239. The number of ketones is 1. The second-order valence-corrected chi connectivity index (χ2v) is 3.06. The van der Waals surface area contributed by atoms with Gasteiger partial charge in [0, 0.05) is 13.2 Å². The molecule has 0 radical (unpaired) electrons. The van der Waals surface area contributed by atoms with E-state index >= 15 is 0 Å². The number of hydrogen-bond donors (Lipinski definition) is 0. The summed E-state index contributed by atoms with van der Waals surface area (Å²) in [7, 11) is 1.39. The molecule has 0 saturated heterocycles. The molecule has 0 bridgehead atoms. The number of aryl methyl sites for hydroxylation is 1. The summed E-state index contributed by atoms with van der Waals surface area (Å²) in [5.74, 6) is -7.61. The zero-order valence-corrected chi connectivity index (χ0v) is 7.92. The van der Waals surface area contributed by atoms with Crippen molar-refractivity contribution in [1.29, 1.82) is 0 Å². The first-order chi connectivity index (χ1) is 7.14. The summed E-state index contributed by atoms with van der Waals surface area (Å²) < 4.78 is 61.4. The molecular formula is C7H6F5N3O. The van der Waals surface area contributed by atoms with Crippen molar-refractivity contribution >= 4 is 5.78 Å². The molecule has 1 aromatic rings. The van der Waals surface area contributed by atoms with E-state index in [1.807, 2.05) is 0 Å². The fraction of sp³-hybridized carbons (Fsp3) is 0.571. The monoisotopic (exact) mass is 243 g/mol. The van der Waals surface area contributed by atoms with Gasteiger partial charge in [0.05, 0.1) is 12.1 Å². The molecule has 0 unspecified atom stereocenters. The molecule has 0 aliphatic carbocycles. The Kier molecular flexibility index (Phi) is 2.97. The summed E-state index contributed by atoms with van der Waals surface area (Å²) >= 11 is 0. The highest BCUT2D eigenvalue weighted by Crippen LogP contribution is 2.36. The molecular weight excluding hydrogens is 237 g/mol. The van der Waals surface area contributed by atoms with Crippen molar-refractivity contribution in [3.63, 3.8) is 0 Å². The van der Waals surface area contributed by atoms with E-state index < -0.39 is 24.3 Å². The van der Waals surface area contributed by atoms with Gasteiger partial charge in [-0.1, -0.05) is 5.21 Å². The van der Waals surface area contributed by atoms with Crippen LogP contribution in [0, 0.1) is 0 Å². The van der Waals surface area contributed by atoms with Crippen LogP contribution < -0.4 is 0 Å². The van der Waals surface area contributed by atoms with Crippen LogP contribution in [0.25, 0.3) is 0 Å². The molecule has 0 atom stereocenters. The third kappa shape index (κ3) is 2.34. The van der Waals surface area contributed by atoms with E-state index in [4.69, 9.17) is 0 Å². The minimum Gasteiger partial charge on any atom is -0.292 e. The number of hydrogen-bond acceptors (Lipinski definition) is 3. The van der Waals surface area contributed by atoms with Gasteiger partial charge in [0.15, 0.2) is 0 Å². The van der Waals surface area contributed by atoms with Crippen LogP contribution in [0.2, 0.25) is 0 Å². The predicted octanol–water partition coefficient (Wildman–Crippen LogP) is 1.12. The van der Waals surface area contributed by atoms with Crippen molar-refractivity contribution in [3.8, 4) is 0 Å². The predicted molar refractivity (Wildman–Crippen MR) is 40.7 cm³/mol. The van der Waals surface area contributed by atoms with Gasteiger partial charge in [0.25, 0.3) is 0 Å². The number of Topliss-reactive ketones (excluding diaryl/α,β-unsaturated/α-hetero) is 1. The molecule has 0 fully saturated rings. The maximum Gasteiger partial charge on any atom is 0.461 e. The van der Waals surface area contributed by atoms with Crippen LogP contribution in [0.4, 0.5) is 22.0 Å². The van der Waals surface area contributed by atoms with E-state index in [1.165, 1.54) is 7.05 Å². The molecule has 0 aromatic carbocycles. The fourth-order valence-corrected chi connectivity index (χ4v) is 0.910. The van der Waals surface area contributed by atoms with Crippen molar-refractivity contribution in [2.45, 2.75) is 18.5 Å². The lowest BCUT2D eigenvalue weighted by atomic mass is 10.1. The van der Waals surface area contributed by atoms with Crippen molar-refractivity contribution in [2.75, 3.05) is 0 Å². The summed E-state index contributed by atoms with van der Waals surface area (Å²) in [4.78, 5) is 10.7. The molecule has 1 heterocycles. The smallest absolute Gasteiger partial charge is 0.292 e. The van der Waals surface area contributed by atoms with Gasteiger partial charge in [-0.3, -0.25) is 9.48 Å². The normalized spacial score (nSPS) is 12.9. The average molecular weight is 243 g/mol. The molecule has 0 spiro atoms. The number of carbonyl (C=O) groups is 1. The van der Waals surface area contributed by atoms with Crippen LogP contribution >= 0.6 is 0 Å². The minimum atomic E-state index is -5.88. The Balaban J connectivity index is 2.80. The van der Waals surface area contributed by atoms with Crippen LogP contribution in [0.5, 0.6) is 0 Å². The van der Waals surface area contributed by atoms with Gasteiger partial charge in [-0.25, -0.2) is 0 Å². The van der Waals surface area contributed by atoms with Crippen molar-refractivity contribution < 1.29 is 26.7 Å². The average Bonchev–Trinajstić information content (AvgIpc) is 2.49. The van der Waals surface area contributed by atoms with Gasteiger partial charge in [-0.05, 0) is 0 Å². The van der Waals surface area contributed by atoms with E-state index in [0.717, 1.165) is 10.9 Å². The number of alkyl halides is 5. The SMILES string of the molecule is Cn1cc(CC(=O)C(F)(F)C(F)(F)F)nn1. The molecule has 1 rings (SSSR count). The molecule has 9 heteroatoms. The van der Waals surface area contributed by atoms with Gasteiger partial charge < -0.3 is 0 Å². The standard InChI is InChI=1S/C7H6F5N3O/c1-15-3-4(13-14-15)2-5(16)6(8,9)7(10,11)12/h3H,2H2,1H3. The van der Waals surface area contributed by atoms with Gasteiger partial charge >= 0.3 is 12.1 Å². The maximum atomic E-state index is 12.5. The molecule has 16 heavy (non-hydrogen) atoms. The summed E-state index contributed by atoms with van der Waals surface area (Å²) in [6.45, 7) is 0. The molecule has 1 aromatic heterocycles. The van der Waals surface area contributed by atoms with Gasteiger partial charge in [-0.15, -0.1) is 5.10 Å². The van der Waals surface area contributed by atoms with Crippen molar-refractivity contribution in [2.24, 2.45) is 7.05 Å². The Labute approximate surface area is 86.0 Å².